The highest BCUT2D eigenvalue weighted by molar-refractivity contribution is 5.96. The van der Waals surface area contributed by atoms with Crippen molar-refractivity contribution < 1.29 is 9.72 Å². The topological polar surface area (TPSA) is 98.3 Å². The van der Waals surface area contributed by atoms with Gasteiger partial charge in [0.2, 0.25) is 0 Å². The zero-order valence-electron chi connectivity index (χ0n) is 12.1. The Labute approximate surface area is 118 Å². The predicted octanol–water partition coefficient (Wildman–Crippen LogP) is 2.01. The maximum Gasteiger partial charge on any atom is 0.273 e. The monoisotopic (exact) mass is 279 g/mol. The molecule has 1 amide bonds. The molecule has 6 nitrogen and oxygen atoms in total. The van der Waals surface area contributed by atoms with Gasteiger partial charge >= 0.3 is 0 Å². The fourth-order valence-corrected chi connectivity index (χ4v) is 2.11. The van der Waals surface area contributed by atoms with Crippen molar-refractivity contribution in [3.05, 3.63) is 39.4 Å². The second kappa shape index (κ2) is 7.00. The SMILES string of the molecule is Cc1c(C(=O)NC(CN)CC(C)C)cccc1[N+](=O)[O-]. The first kappa shape index (κ1) is 16.1. The first-order chi connectivity index (χ1) is 9.36. The van der Waals surface area contributed by atoms with E-state index in [1.807, 2.05) is 13.8 Å². The van der Waals surface area contributed by atoms with Crippen molar-refractivity contribution >= 4 is 11.6 Å². The van der Waals surface area contributed by atoms with Gasteiger partial charge < -0.3 is 11.1 Å². The highest BCUT2D eigenvalue weighted by atomic mass is 16.6. The minimum absolute atomic E-state index is 0.0502. The van der Waals surface area contributed by atoms with E-state index in [0.29, 0.717) is 23.6 Å². The molecule has 0 saturated heterocycles. The van der Waals surface area contributed by atoms with Gasteiger partial charge in [-0.25, -0.2) is 0 Å². The summed E-state index contributed by atoms with van der Waals surface area (Å²) in [6, 6.07) is 4.36. The lowest BCUT2D eigenvalue weighted by Gasteiger charge is -2.19. The van der Waals surface area contributed by atoms with Crippen molar-refractivity contribution in [2.45, 2.75) is 33.2 Å². The fraction of sp³-hybridized carbons (Fsp3) is 0.500. The molecule has 1 rings (SSSR count). The lowest BCUT2D eigenvalue weighted by molar-refractivity contribution is -0.385. The molecule has 0 heterocycles. The Kier molecular flexibility index (Phi) is 5.64. The van der Waals surface area contributed by atoms with Crippen LogP contribution in [0.5, 0.6) is 0 Å². The molecule has 0 radical (unpaired) electrons. The summed E-state index contributed by atoms with van der Waals surface area (Å²) in [6.45, 7) is 6.02. The van der Waals surface area contributed by atoms with Crippen molar-refractivity contribution in [2.24, 2.45) is 11.7 Å². The quantitative estimate of drug-likeness (QED) is 0.614. The number of carbonyl (C=O) groups excluding carboxylic acids is 1. The summed E-state index contributed by atoms with van der Waals surface area (Å²) < 4.78 is 0. The van der Waals surface area contributed by atoms with E-state index >= 15 is 0 Å². The largest absolute Gasteiger partial charge is 0.348 e. The van der Waals surface area contributed by atoms with Gasteiger partial charge in [0.25, 0.3) is 11.6 Å². The second-order valence-corrected chi connectivity index (χ2v) is 5.24. The van der Waals surface area contributed by atoms with Gasteiger partial charge in [-0.15, -0.1) is 0 Å². The van der Waals surface area contributed by atoms with Crippen molar-refractivity contribution in [1.82, 2.24) is 5.32 Å². The average Bonchev–Trinajstić information content (AvgIpc) is 2.37. The summed E-state index contributed by atoms with van der Waals surface area (Å²) >= 11 is 0. The van der Waals surface area contributed by atoms with E-state index < -0.39 is 4.92 Å². The number of nitro benzene ring substituents is 1. The Morgan fingerprint density at radius 1 is 1.45 bits per heavy atom. The van der Waals surface area contributed by atoms with Crippen LogP contribution in [0.4, 0.5) is 5.69 Å². The molecule has 0 aliphatic rings. The van der Waals surface area contributed by atoms with Crippen LogP contribution in [0.25, 0.3) is 0 Å². The zero-order valence-corrected chi connectivity index (χ0v) is 12.1. The molecule has 1 atom stereocenters. The van der Waals surface area contributed by atoms with E-state index in [9.17, 15) is 14.9 Å². The highest BCUT2D eigenvalue weighted by Gasteiger charge is 2.20. The molecule has 0 fully saturated rings. The summed E-state index contributed by atoms with van der Waals surface area (Å²) in [5, 5.41) is 13.7. The predicted molar refractivity (Wildman–Crippen MR) is 77.6 cm³/mol. The number of nitrogens with two attached hydrogens (primary N) is 1. The lowest BCUT2D eigenvalue weighted by Crippen LogP contribution is -2.41. The summed E-state index contributed by atoms with van der Waals surface area (Å²) in [5.41, 5.74) is 6.28. The number of nitrogens with one attached hydrogen (secondary N) is 1. The molecule has 0 aliphatic heterocycles. The number of amides is 1. The molecular formula is C14H21N3O3. The third-order valence-electron chi connectivity index (χ3n) is 3.12. The van der Waals surface area contributed by atoms with E-state index in [1.54, 1.807) is 13.0 Å². The Bertz CT molecular complexity index is 500. The molecule has 0 saturated carbocycles. The normalized spacial score (nSPS) is 12.2. The molecule has 1 aromatic rings. The number of nitrogens with zero attached hydrogens (tertiary/aromatic N) is 1. The summed E-state index contributed by atoms with van der Waals surface area (Å²) in [7, 11) is 0. The molecule has 0 spiro atoms. The molecule has 3 N–H and O–H groups in total. The molecule has 1 unspecified atom stereocenters. The van der Waals surface area contributed by atoms with Gasteiger partial charge in [-0.05, 0) is 25.3 Å². The molecule has 20 heavy (non-hydrogen) atoms. The number of benzene rings is 1. The zero-order chi connectivity index (χ0) is 15.3. The molecule has 6 heteroatoms. The smallest absolute Gasteiger partial charge is 0.273 e. The fourth-order valence-electron chi connectivity index (χ4n) is 2.11. The van der Waals surface area contributed by atoms with Gasteiger partial charge in [-0.2, -0.15) is 0 Å². The summed E-state index contributed by atoms with van der Waals surface area (Å²) in [4.78, 5) is 22.6. The summed E-state index contributed by atoms with van der Waals surface area (Å²) in [6.07, 6.45) is 0.774. The minimum atomic E-state index is -0.485. The Morgan fingerprint density at radius 2 is 2.10 bits per heavy atom. The average molecular weight is 279 g/mol. The van der Waals surface area contributed by atoms with E-state index in [0.717, 1.165) is 6.42 Å². The number of rotatable bonds is 6. The van der Waals surface area contributed by atoms with Crippen LogP contribution in [-0.4, -0.2) is 23.4 Å². The lowest BCUT2D eigenvalue weighted by atomic mass is 10.0. The maximum atomic E-state index is 12.2. The van der Waals surface area contributed by atoms with Crippen LogP contribution in [-0.2, 0) is 0 Å². The first-order valence-corrected chi connectivity index (χ1v) is 6.61. The summed E-state index contributed by atoms with van der Waals surface area (Å²) in [5.74, 6) is 0.0948. The van der Waals surface area contributed by atoms with Crippen LogP contribution in [0.15, 0.2) is 18.2 Å². The second-order valence-electron chi connectivity index (χ2n) is 5.24. The molecule has 110 valence electrons. The first-order valence-electron chi connectivity index (χ1n) is 6.61. The number of carbonyl (C=O) groups is 1. The van der Waals surface area contributed by atoms with Gasteiger partial charge in [0.15, 0.2) is 0 Å². The number of nitro groups is 1. The van der Waals surface area contributed by atoms with E-state index in [-0.39, 0.29) is 17.6 Å². The van der Waals surface area contributed by atoms with Crippen molar-refractivity contribution in [1.29, 1.82) is 0 Å². The third kappa shape index (κ3) is 4.03. The van der Waals surface area contributed by atoms with Crippen LogP contribution in [0.3, 0.4) is 0 Å². The Morgan fingerprint density at radius 3 is 2.60 bits per heavy atom. The van der Waals surface area contributed by atoms with Crippen LogP contribution in [0.2, 0.25) is 0 Å². The van der Waals surface area contributed by atoms with Gasteiger partial charge in [0.05, 0.1) is 4.92 Å². The van der Waals surface area contributed by atoms with Crippen molar-refractivity contribution in [3.8, 4) is 0 Å². The molecule has 0 aliphatic carbocycles. The molecule has 1 aromatic carbocycles. The Hall–Kier alpha value is -1.95. The van der Waals surface area contributed by atoms with E-state index in [4.69, 9.17) is 5.73 Å². The number of hydrogen-bond acceptors (Lipinski definition) is 4. The highest BCUT2D eigenvalue weighted by Crippen LogP contribution is 2.21. The van der Waals surface area contributed by atoms with Gasteiger partial charge in [0, 0.05) is 29.8 Å². The standard InChI is InChI=1S/C14H21N3O3/c1-9(2)7-11(8-15)16-14(18)12-5-4-6-13(10(12)3)17(19)20/h4-6,9,11H,7-8,15H2,1-3H3,(H,16,18). The van der Waals surface area contributed by atoms with Gasteiger partial charge in [0.1, 0.15) is 0 Å². The van der Waals surface area contributed by atoms with Crippen molar-refractivity contribution in [2.75, 3.05) is 6.54 Å². The van der Waals surface area contributed by atoms with Gasteiger partial charge in [-0.3, -0.25) is 14.9 Å². The van der Waals surface area contributed by atoms with E-state index in [1.165, 1.54) is 12.1 Å². The van der Waals surface area contributed by atoms with Crippen LogP contribution in [0.1, 0.15) is 36.2 Å². The molecule has 0 bridgehead atoms. The number of hydrogen-bond donors (Lipinski definition) is 2. The van der Waals surface area contributed by atoms with Crippen LogP contribution >= 0.6 is 0 Å². The van der Waals surface area contributed by atoms with E-state index in [2.05, 4.69) is 5.32 Å². The molecule has 0 aromatic heterocycles. The molecular weight excluding hydrogens is 258 g/mol. The third-order valence-corrected chi connectivity index (χ3v) is 3.12. The Balaban J connectivity index is 2.92. The van der Waals surface area contributed by atoms with Crippen LogP contribution in [0, 0.1) is 23.0 Å². The minimum Gasteiger partial charge on any atom is -0.348 e. The van der Waals surface area contributed by atoms with Crippen molar-refractivity contribution in [3.63, 3.8) is 0 Å². The van der Waals surface area contributed by atoms with Crippen LogP contribution < -0.4 is 11.1 Å². The maximum absolute atomic E-state index is 12.2. The van der Waals surface area contributed by atoms with Gasteiger partial charge in [-0.1, -0.05) is 19.9 Å².